The number of anilines is 1. The molecule has 0 saturated carbocycles. The van der Waals surface area contributed by atoms with E-state index in [-0.39, 0.29) is 5.91 Å². The van der Waals surface area contributed by atoms with E-state index in [9.17, 15) is 4.79 Å². The number of fused-ring (bicyclic) bond motifs is 2. The number of methoxy groups -OCH3 is 1. The van der Waals surface area contributed by atoms with Crippen LogP contribution in [-0.2, 0) is 0 Å². The number of aromatic nitrogens is 1. The van der Waals surface area contributed by atoms with Crippen LogP contribution in [0.4, 0.5) is 5.69 Å². The zero-order chi connectivity index (χ0) is 21.4. The van der Waals surface area contributed by atoms with Gasteiger partial charge >= 0.3 is 0 Å². The number of oxazole rings is 1. The maximum Gasteiger partial charge on any atom is 0.255 e. The highest BCUT2D eigenvalue weighted by Crippen LogP contribution is 2.34. The maximum absolute atomic E-state index is 12.5. The summed E-state index contributed by atoms with van der Waals surface area (Å²) in [6.07, 6.45) is 0. The fraction of sp³-hybridized carbons (Fsp3) is 0.0400. The van der Waals surface area contributed by atoms with Gasteiger partial charge in [0.15, 0.2) is 5.58 Å². The molecule has 31 heavy (non-hydrogen) atoms. The molecule has 5 aromatic rings. The maximum atomic E-state index is 12.5. The molecular weight excluding hydrogens is 412 g/mol. The van der Waals surface area contributed by atoms with Gasteiger partial charge in [-0.1, -0.05) is 35.9 Å². The molecule has 1 amide bonds. The Labute approximate surface area is 183 Å². The SMILES string of the molecule is COc1ccc(C(=O)Nc2ccc3oc(-c4cccc5c(Cl)cccc45)nc3c2)cc1. The van der Waals surface area contributed by atoms with Crippen molar-refractivity contribution in [2.24, 2.45) is 0 Å². The molecule has 0 aliphatic carbocycles. The van der Waals surface area contributed by atoms with Gasteiger partial charge in [-0.3, -0.25) is 4.79 Å². The van der Waals surface area contributed by atoms with Crippen molar-refractivity contribution in [1.82, 2.24) is 4.98 Å². The zero-order valence-corrected chi connectivity index (χ0v) is 17.3. The summed E-state index contributed by atoms with van der Waals surface area (Å²) in [6.45, 7) is 0. The first kappa shape index (κ1) is 19.2. The smallest absolute Gasteiger partial charge is 0.255 e. The third-order valence-electron chi connectivity index (χ3n) is 5.10. The van der Waals surface area contributed by atoms with E-state index in [1.807, 2.05) is 36.4 Å². The van der Waals surface area contributed by atoms with E-state index in [1.54, 1.807) is 49.6 Å². The number of benzene rings is 4. The van der Waals surface area contributed by atoms with E-state index in [4.69, 9.17) is 20.8 Å². The summed E-state index contributed by atoms with van der Waals surface area (Å²) in [7, 11) is 1.59. The Hall–Kier alpha value is -3.83. The van der Waals surface area contributed by atoms with Crippen LogP contribution in [0.2, 0.25) is 5.02 Å². The van der Waals surface area contributed by atoms with Crippen molar-refractivity contribution < 1.29 is 13.9 Å². The summed E-state index contributed by atoms with van der Waals surface area (Å²) in [6, 6.07) is 23.9. The van der Waals surface area contributed by atoms with Crippen LogP contribution in [-0.4, -0.2) is 18.0 Å². The van der Waals surface area contributed by atoms with Gasteiger partial charge in [0, 0.05) is 27.2 Å². The van der Waals surface area contributed by atoms with Crippen LogP contribution in [0.5, 0.6) is 5.75 Å². The van der Waals surface area contributed by atoms with Crippen molar-refractivity contribution in [3.8, 4) is 17.2 Å². The molecular formula is C25H17ClN2O3. The lowest BCUT2D eigenvalue weighted by Gasteiger charge is -2.06. The van der Waals surface area contributed by atoms with Crippen molar-refractivity contribution in [1.29, 1.82) is 0 Å². The van der Waals surface area contributed by atoms with E-state index in [2.05, 4.69) is 10.3 Å². The largest absolute Gasteiger partial charge is 0.497 e. The molecule has 0 unspecified atom stereocenters. The quantitative estimate of drug-likeness (QED) is 0.352. The predicted octanol–water partition coefficient (Wildman–Crippen LogP) is 6.56. The first-order valence-corrected chi connectivity index (χ1v) is 10.0. The summed E-state index contributed by atoms with van der Waals surface area (Å²) in [4.78, 5) is 17.2. The highest BCUT2D eigenvalue weighted by atomic mass is 35.5. The minimum Gasteiger partial charge on any atom is -0.497 e. The first-order valence-electron chi connectivity index (χ1n) is 9.66. The third-order valence-corrected chi connectivity index (χ3v) is 5.43. The standard InChI is InChI=1S/C25H17ClN2O3/c1-30-17-11-8-15(9-12-17)24(29)27-16-10-13-23-22(14-16)28-25(31-23)20-6-2-5-19-18(20)4-3-7-21(19)26/h2-14H,1H3,(H,27,29). The number of hydrogen-bond donors (Lipinski definition) is 1. The second-order valence-corrected chi connectivity index (χ2v) is 7.43. The summed E-state index contributed by atoms with van der Waals surface area (Å²) in [5.74, 6) is 0.985. The van der Waals surface area contributed by atoms with Gasteiger partial charge in [-0.25, -0.2) is 4.98 Å². The summed E-state index contributed by atoms with van der Waals surface area (Å²) in [5, 5.41) is 5.48. The van der Waals surface area contributed by atoms with Crippen molar-refractivity contribution in [3.63, 3.8) is 0 Å². The van der Waals surface area contributed by atoms with Gasteiger partial charge in [0.05, 0.1) is 7.11 Å². The molecule has 0 radical (unpaired) electrons. The normalized spacial score (nSPS) is 11.0. The van der Waals surface area contributed by atoms with E-state index in [0.29, 0.717) is 39.0 Å². The Bertz CT molecular complexity index is 1420. The predicted molar refractivity (Wildman–Crippen MR) is 123 cm³/mol. The summed E-state index contributed by atoms with van der Waals surface area (Å²) < 4.78 is 11.1. The molecule has 5 rings (SSSR count). The lowest BCUT2D eigenvalue weighted by atomic mass is 10.0. The van der Waals surface area contributed by atoms with E-state index >= 15 is 0 Å². The van der Waals surface area contributed by atoms with Gasteiger partial charge in [-0.15, -0.1) is 0 Å². The van der Waals surface area contributed by atoms with Crippen LogP contribution in [0, 0.1) is 0 Å². The molecule has 1 aromatic heterocycles. The van der Waals surface area contributed by atoms with Crippen molar-refractivity contribution >= 4 is 45.1 Å². The number of halogens is 1. The van der Waals surface area contributed by atoms with Gasteiger partial charge in [-0.2, -0.15) is 0 Å². The average molecular weight is 429 g/mol. The molecule has 0 bridgehead atoms. The molecule has 1 heterocycles. The van der Waals surface area contributed by atoms with Crippen molar-refractivity contribution in [3.05, 3.63) is 89.4 Å². The third kappa shape index (κ3) is 3.60. The monoisotopic (exact) mass is 428 g/mol. The van der Waals surface area contributed by atoms with Crippen LogP contribution in [0.1, 0.15) is 10.4 Å². The lowest BCUT2D eigenvalue weighted by molar-refractivity contribution is 0.102. The fourth-order valence-electron chi connectivity index (χ4n) is 3.52. The number of hydrogen-bond acceptors (Lipinski definition) is 4. The van der Waals surface area contributed by atoms with E-state index in [0.717, 1.165) is 16.3 Å². The van der Waals surface area contributed by atoms with Gasteiger partial charge in [-0.05, 0) is 60.0 Å². The number of amides is 1. The fourth-order valence-corrected chi connectivity index (χ4v) is 3.76. The number of ether oxygens (including phenoxy) is 1. The van der Waals surface area contributed by atoms with Crippen LogP contribution in [0.3, 0.4) is 0 Å². The summed E-state index contributed by atoms with van der Waals surface area (Å²) >= 11 is 6.33. The van der Waals surface area contributed by atoms with E-state index < -0.39 is 0 Å². The van der Waals surface area contributed by atoms with Gasteiger partial charge < -0.3 is 14.5 Å². The number of nitrogens with zero attached hydrogens (tertiary/aromatic N) is 1. The Morgan fingerprint density at radius 1 is 0.968 bits per heavy atom. The number of nitrogens with one attached hydrogen (secondary N) is 1. The van der Waals surface area contributed by atoms with Gasteiger partial charge in [0.1, 0.15) is 11.3 Å². The van der Waals surface area contributed by atoms with Crippen LogP contribution >= 0.6 is 11.6 Å². The molecule has 5 nitrogen and oxygen atoms in total. The minimum atomic E-state index is -0.214. The summed E-state index contributed by atoms with van der Waals surface area (Å²) in [5.41, 5.74) is 3.32. The van der Waals surface area contributed by atoms with Crippen LogP contribution in [0.25, 0.3) is 33.3 Å². The Morgan fingerprint density at radius 2 is 1.74 bits per heavy atom. The molecule has 0 aliphatic heterocycles. The highest BCUT2D eigenvalue weighted by molar-refractivity contribution is 6.35. The molecule has 0 spiro atoms. The van der Waals surface area contributed by atoms with Crippen molar-refractivity contribution in [2.45, 2.75) is 0 Å². The second-order valence-electron chi connectivity index (χ2n) is 7.02. The molecule has 6 heteroatoms. The minimum absolute atomic E-state index is 0.214. The van der Waals surface area contributed by atoms with Crippen LogP contribution < -0.4 is 10.1 Å². The Kier molecular flexibility index (Phi) is 4.81. The Balaban J connectivity index is 1.47. The Morgan fingerprint density at radius 3 is 2.55 bits per heavy atom. The average Bonchev–Trinajstić information content (AvgIpc) is 3.22. The molecule has 1 N–H and O–H groups in total. The molecule has 0 fully saturated rings. The molecule has 0 aliphatic rings. The van der Waals surface area contributed by atoms with Crippen LogP contribution in [0.15, 0.2) is 83.3 Å². The van der Waals surface area contributed by atoms with E-state index in [1.165, 1.54) is 0 Å². The molecule has 4 aromatic carbocycles. The number of carbonyl (C=O) groups excluding carboxylic acids is 1. The molecule has 0 atom stereocenters. The molecule has 0 saturated heterocycles. The lowest BCUT2D eigenvalue weighted by Crippen LogP contribution is -2.11. The molecule has 152 valence electrons. The zero-order valence-electron chi connectivity index (χ0n) is 16.6. The topological polar surface area (TPSA) is 64.4 Å². The number of carbonyl (C=O) groups is 1. The highest BCUT2D eigenvalue weighted by Gasteiger charge is 2.14. The van der Waals surface area contributed by atoms with Crippen molar-refractivity contribution in [2.75, 3.05) is 12.4 Å². The second kappa shape index (κ2) is 7.78. The van der Waals surface area contributed by atoms with Gasteiger partial charge in [0.25, 0.3) is 5.91 Å². The number of rotatable bonds is 4. The first-order chi connectivity index (χ1) is 15.1. The van der Waals surface area contributed by atoms with Gasteiger partial charge in [0.2, 0.25) is 5.89 Å².